The molecule has 0 unspecified atom stereocenters. The third-order valence-electron chi connectivity index (χ3n) is 4.36. The van der Waals surface area contributed by atoms with Gasteiger partial charge in [-0.15, -0.1) is 0 Å². The SMILES string of the molecule is CCc1nn(CC(CC)CC)c(CC)c1CNCC(C)C. The minimum Gasteiger partial charge on any atom is -0.312 e. The molecule has 0 aliphatic heterocycles. The average Bonchev–Trinajstić information content (AvgIpc) is 2.81. The second-order valence-corrected chi connectivity index (χ2v) is 6.47. The van der Waals surface area contributed by atoms with E-state index in [9.17, 15) is 0 Å². The van der Waals surface area contributed by atoms with Gasteiger partial charge >= 0.3 is 0 Å². The molecular weight excluding hydrogens is 258 g/mol. The molecule has 0 saturated carbocycles. The minimum atomic E-state index is 0.694. The largest absolute Gasteiger partial charge is 0.312 e. The summed E-state index contributed by atoms with van der Waals surface area (Å²) in [5.74, 6) is 1.44. The predicted octanol–water partition coefficient (Wildman–Crippen LogP) is 4.19. The average molecular weight is 293 g/mol. The number of hydrogen-bond donors (Lipinski definition) is 1. The molecule has 0 radical (unpaired) electrons. The lowest BCUT2D eigenvalue weighted by molar-refractivity contribution is 0.387. The van der Waals surface area contributed by atoms with Crippen molar-refractivity contribution < 1.29 is 0 Å². The van der Waals surface area contributed by atoms with E-state index in [4.69, 9.17) is 5.10 Å². The molecule has 1 N–H and O–H groups in total. The Hall–Kier alpha value is -0.830. The van der Waals surface area contributed by atoms with Crippen LogP contribution in [0.5, 0.6) is 0 Å². The normalized spacial score (nSPS) is 11.8. The fraction of sp³-hybridized carbons (Fsp3) is 0.833. The van der Waals surface area contributed by atoms with Crippen LogP contribution in [0.25, 0.3) is 0 Å². The van der Waals surface area contributed by atoms with E-state index in [0.29, 0.717) is 5.92 Å². The van der Waals surface area contributed by atoms with E-state index < -0.39 is 0 Å². The molecule has 122 valence electrons. The summed E-state index contributed by atoms with van der Waals surface area (Å²) >= 11 is 0. The maximum absolute atomic E-state index is 4.91. The van der Waals surface area contributed by atoms with Crippen LogP contribution in [0.4, 0.5) is 0 Å². The highest BCUT2D eigenvalue weighted by molar-refractivity contribution is 5.26. The highest BCUT2D eigenvalue weighted by Gasteiger charge is 2.17. The molecule has 0 bridgehead atoms. The number of nitrogens with zero attached hydrogens (tertiary/aromatic N) is 2. The molecule has 0 atom stereocenters. The van der Waals surface area contributed by atoms with Crippen LogP contribution in [0, 0.1) is 11.8 Å². The standard InChI is InChI=1S/C18H35N3/c1-7-15(8-2)13-21-18(10-4)16(17(9-3)20-21)12-19-11-14(5)6/h14-15,19H,7-13H2,1-6H3. The maximum Gasteiger partial charge on any atom is 0.0669 e. The van der Waals surface area contributed by atoms with Crippen LogP contribution in [0.3, 0.4) is 0 Å². The Labute approximate surface area is 131 Å². The predicted molar refractivity (Wildman–Crippen MR) is 91.6 cm³/mol. The number of nitrogens with one attached hydrogen (secondary N) is 1. The van der Waals surface area contributed by atoms with E-state index in [0.717, 1.165) is 38.4 Å². The van der Waals surface area contributed by atoms with Crippen molar-refractivity contribution >= 4 is 0 Å². The summed E-state index contributed by atoms with van der Waals surface area (Å²) in [6.45, 7) is 16.7. The second kappa shape index (κ2) is 9.24. The first-order valence-corrected chi connectivity index (χ1v) is 8.85. The number of aromatic nitrogens is 2. The highest BCUT2D eigenvalue weighted by Crippen LogP contribution is 2.19. The summed E-state index contributed by atoms with van der Waals surface area (Å²) in [7, 11) is 0. The Morgan fingerprint density at radius 2 is 1.71 bits per heavy atom. The lowest BCUT2D eigenvalue weighted by Crippen LogP contribution is -2.20. The van der Waals surface area contributed by atoms with Gasteiger partial charge in [-0.1, -0.05) is 54.4 Å². The fourth-order valence-electron chi connectivity index (χ4n) is 2.90. The van der Waals surface area contributed by atoms with Crippen molar-refractivity contribution in [3.63, 3.8) is 0 Å². The zero-order valence-electron chi connectivity index (χ0n) is 15.0. The number of rotatable bonds is 10. The van der Waals surface area contributed by atoms with Gasteiger partial charge in [0.2, 0.25) is 0 Å². The first kappa shape index (κ1) is 18.2. The fourth-order valence-corrected chi connectivity index (χ4v) is 2.90. The van der Waals surface area contributed by atoms with Crippen molar-refractivity contribution in [3.8, 4) is 0 Å². The Morgan fingerprint density at radius 3 is 2.19 bits per heavy atom. The molecule has 0 aromatic carbocycles. The summed E-state index contributed by atoms with van der Waals surface area (Å²) in [4.78, 5) is 0. The molecule has 0 aliphatic carbocycles. The summed E-state index contributed by atoms with van der Waals surface area (Å²) in [5.41, 5.74) is 4.18. The number of hydrogen-bond acceptors (Lipinski definition) is 2. The van der Waals surface area contributed by atoms with Crippen LogP contribution >= 0.6 is 0 Å². The van der Waals surface area contributed by atoms with Gasteiger partial charge in [0.15, 0.2) is 0 Å². The first-order chi connectivity index (χ1) is 10.1. The quantitative estimate of drug-likeness (QED) is 0.701. The highest BCUT2D eigenvalue weighted by atomic mass is 15.3. The van der Waals surface area contributed by atoms with Gasteiger partial charge in [-0.3, -0.25) is 4.68 Å². The van der Waals surface area contributed by atoms with Gasteiger partial charge in [-0.2, -0.15) is 5.10 Å². The van der Waals surface area contributed by atoms with E-state index in [1.807, 2.05) is 0 Å². The second-order valence-electron chi connectivity index (χ2n) is 6.47. The van der Waals surface area contributed by atoms with Crippen LogP contribution in [0.15, 0.2) is 0 Å². The van der Waals surface area contributed by atoms with Gasteiger partial charge in [-0.25, -0.2) is 0 Å². The smallest absolute Gasteiger partial charge is 0.0669 e. The number of aryl methyl sites for hydroxylation is 1. The molecule has 0 spiro atoms. The molecule has 1 aromatic heterocycles. The van der Waals surface area contributed by atoms with Gasteiger partial charge in [0, 0.05) is 24.3 Å². The van der Waals surface area contributed by atoms with Crippen molar-refractivity contribution in [3.05, 3.63) is 17.0 Å². The van der Waals surface area contributed by atoms with Gasteiger partial charge in [-0.05, 0) is 31.2 Å². The Bertz CT molecular complexity index is 403. The molecule has 1 aromatic rings. The molecule has 0 aliphatic rings. The van der Waals surface area contributed by atoms with Gasteiger partial charge in [0.1, 0.15) is 0 Å². The Morgan fingerprint density at radius 1 is 1.05 bits per heavy atom. The van der Waals surface area contributed by atoms with Crippen LogP contribution < -0.4 is 5.32 Å². The van der Waals surface area contributed by atoms with Crippen LogP contribution in [-0.4, -0.2) is 16.3 Å². The van der Waals surface area contributed by atoms with E-state index in [-0.39, 0.29) is 0 Å². The van der Waals surface area contributed by atoms with Gasteiger partial charge < -0.3 is 5.32 Å². The minimum absolute atomic E-state index is 0.694. The summed E-state index contributed by atoms with van der Waals surface area (Å²) in [6.07, 6.45) is 4.58. The van der Waals surface area contributed by atoms with E-state index in [2.05, 4.69) is 51.5 Å². The van der Waals surface area contributed by atoms with Crippen LogP contribution in [0.1, 0.15) is 71.3 Å². The molecule has 0 amide bonds. The molecular formula is C18H35N3. The third-order valence-corrected chi connectivity index (χ3v) is 4.36. The van der Waals surface area contributed by atoms with Crippen molar-refractivity contribution in [2.45, 2.75) is 80.3 Å². The van der Waals surface area contributed by atoms with Crippen molar-refractivity contribution in [1.29, 1.82) is 0 Å². The lowest BCUT2D eigenvalue weighted by atomic mass is 10.0. The summed E-state index contributed by atoms with van der Waals surface area (Å²) in [5, 5.41) is 8.50. The molecule has 1 heterocycles. The van der Waals surface area contributed by atoms with Crippen molar-refractivity contribution in [1.82, 2.24) is 15.1 Å². The summed E-state index contributed by atoms with van der Waals surface area (Å²) in [6, 6.07) is 0. The summed E-state index contributed by atoms with van der Waals surface area (Å²) < 4.78 is 2.29. The van der Waals surface area contributed by atoms with Gasteiger partial charge in [0.25, 0.3) is 0 Å². The zero-order chi connectivity index (χ0) is 15.8. The topological polar surface area (TPSA) is 29.9 Å². The molecule has 3 heteroatoms. The van der Waals surface area contributed by atoms with E-state index >= 15 is 0 Å². The lowest BCUT2D eigenvalue weighted by Gasteiger charge is -2.15. The third kappa shape index (κ3) is 5.14. The van der Waals surface area contributed by atoms with Crippen molar-refractivity contribution in [2.75, 3.05) is 6.54 Å². The Kier molecular flexibility index (Phi) is 8.02. The zero-order valence-corrected chi connectivity index (χ0v) is 15.0. The monoisotopic (exact) mass is 293 g/mol. The maximum atomic E-state index is 4.91. The van der Waals surface area contributed by atoms with Crippen LogP contribution in [0.2, 0.25) is 0 Å². The molecule has 21 heavy (non-hydrogen) atoms. The van der Waals surface area contributed by atoms with E-state index in [1.54, 1.807) is 0 Å². The molecule has 0 saturated heterocycles. The van der Waals surface area contributed by atoms with Crippen LogP contribution in [-0.2, 0) is 25.9 Å². The molecule has 0 fully saturated rings. The van der Waals surface area contributed by atoms with E-state index in [1.165, 1.54) is 29.8 Å². The van der Waals surface area contributed by atoms with Gasteiger partial charge in [0.05, 0.1) is 5.69 Å². The van der Waals surface area contributed by atoms with Crippen molar-refractivity contribution in [2.24, 2.45) is 11.8 Å². The molecule has 3 nitrogen and oxygen atoms in total. The molecule has 1 rings (SSSR count). The first-order valence-electron chi connectivity index (χ1n) is 8.85. The Balaban J connectivity index is 2.92.